The van der Waals surface area contributed by atoms with Crippen LogP contribution in [0.15, 0.2) is 24.4 Å². The number of pyridine rings is 1. The second-order valence-corrected chi connectivity index (χ2v) is 9.27. The van der Waals surface area contributed by atoms with Gasteiger partial charge < -0.3 is 19.1 Å². The number of aryl methyl sites for hydroxylation is 2. The number of carbonyl (C=O) groups is 1. The van der Waals surface area contributed by atoms with Crippen LogP contribution in [0.25, 0.3) is 22.2 Å². The average molecular weight is 423 g/mol. The first-order valence-corrected chi connectivity index (χ1v) is 10.7. The molecule has 0 aliphatic carbocycles. The molecule has 6 heteroatoms. The summed E-state index contributed by atoms with van der Waals surface area (Å²) in [5, 5.41) is 11.1. The number of fused-ring (bicyclic) bond motifs is 2. The molecule has 1 N–H and O–H groups in total. The van der Waals surface area contributed by atoms with Crippen molar-refractivity contribution in [2.45, 2.75) is 59.2 Å². The molecule has 0 unspecified atom stereocenters. The Hall–Kier alpha value is -2.86. The summed E-state index contributed by atoms with van der Waals surface area (Å²) in [6.45, 7) is 10.3. The molecule has 6 nitrogen and oxygen atoms in total. The molecule has 3 aromatic rings. The summed E-state index contributed by atoms with van der Waals surface area (Å²) in [4.78, 5) is 17.2. The van der Waals surface area contributed by atoms with Gasteiger partial charge >= 0.3 is 5.97 Å². The molecule has 164 valence electrons. The lowest BCUT2D eigenvalue weighted by Crippen LogP contribution is -2.28. The van der Waals surface area contributed by atoms with E-state index in [4.69, 9.17) is 14.5 Å². The number of hydrogen-bond donors (Lipinski definition) is 1. The van der Waals surface area contributed by atoms with Crippen LogP contribution in [0.4, 0.5) is 0 Å². The Morgan fingerprint density at radius 3 is 2.68 bits per heavy atom. The van der Waals surface area contributed by atoms with Gasteiger partial charge in [-0.3, -0.25) is 0 Å². The standard InChI is InChI=1S/C25H30N2O4/c1-14-16-8-7-13-30-19(16)10-9-17(14)21-18-11-12-27(6)23(18)26-15(2)20(21)22(24(28)29)31-25(3,4)5/h9-12,22H,7-8,13H2,1-6H3,(H,28,29)/t22-/m0/s1. The maximum Gasteiger partial charge on any atom is 0.337 e. The van der Waals surface area contributed by atoms with E-state index in [1.165, 1.54) is 5.56 Å². The van der Waals surface area contributed by atoms with Gasteiger partial charge in [0, 0.05) is 35.5 Å². The molecule has 1 aliphatic heterocycles. The molecule has 0 saturated carbocycles. The molecule has 1 aliphatic rings. The number of ether oxygens (including phenoxy) is 2. The van der Waals surface area contributed by atoms with Gasteiger partial charge in [-0.15, -0.1) is 0 Å². The summed E-state index contributed by atoms with van der Waals surface area (Å²) in [7, 11) is 1.95. The van der Waals surface area contributed by atoms with E-state index in [9.17, 15) is 9.90 Å². The zero-order valence-corrected chi connectivity index (χ0v) is 19.1. The second kappa shape index (κ2) is 7.68. The Kier molecular flexibility index (Phi) is 5.30. The maximum atomic E-state index is 12.4. The zero-order valence-electron chi connectivity index (χ0n) is 19.1. The molecule has 0 saturated heterocycles. The van der Waals surface area contributed by atoms with Crippen molar-refractivity contribution in [3.05, 3.63) is 46.8 Å². The molecule has 4 rings (SSSR count). The van der Waals surface area contributed by atoms with Crippen LogP contribution in [0.5, 0.6) is 5.75 Å². The third-order valence-electron chi connectivity index (χ3n) is 5.85. The van der Waals surface area contributed by atoms with Gasteiger partial charge in [-0.05, 0) is 76.3 Å². The quantitative estimate of drug-likeness (QED) is 0.631. The topological polar surface area (TPSA) is 73.6 Å². The van der Waals surface area contributed by atoms with Gasteiger partial charge in [0.25, 0.3) is 0 Å². The molecule has 0 amide bonds. The Labute approximate surface area is 182 Å². The highest BCUT2D eigenvalue weighted by molar-refractivity contribution is 5.98. The molecule has 0 fully saturated rings. The van der Waals surface area contributed by atoms with Crippen LogP contribution in [0.2, 0.25) is 0 Å². The predicted octanol–water partition coefficient (Wildman–Crippen LogP) is 5.12. The highest BCUT2D eigenvalue weighted by Crippen LogP contribution is 2.43. The lowest BCUT2D eigenvalue weighted by Gasteiger charge is -2.29. The van der Waals surface area contributed by atoms with Crippen LogP contribution < -0.4 is 4.74 Å². The van der Waals surface area contributed by atoms with Crippen molar-refractivity contribution in [2.24, 2.45) is 7.05 Å². The lowest BCUT2D eigenvalue weighted by molar-refractivity contribution is -0.160. The Balaban J connectivity index is 2.06. The fourth-order valence-corrected chi connectivity index (χ4v) is 4.48. The zero-order chi connectivity index (χ0) is 22.5. The van der Waals surface area contributed by atoms with Crippen LogP contribution in [0.3, 0.4) is 0 Å². The number of carboxylic acid groups (broad SMARTS) is 1. The van der Waals surface area contributed by atoms with Gasteiger partial charge in [-0.2, -0.15) is 0 Å². The van der Waals surface area contributed by atoms with Crippen LogP contribution in [0, 0.1) is 13.8 Å². The Bertz CT molecular complexity index is 1170. The summed E-state index contributed by atoms with van der Waals surface area (Å²) >= 11 is 0. The van der Waals surface area contributed by atoms with Crippen LogP contribution in [-0.2, 0) is 23.0 Å². The molecule has 31 heavy (non-hydrogen) atoms. The molecule has 0 bridgehead atoms. The van der Waals surface area contributed by atoms with Crippen LogP contribution >= 0.6 is 0 Å². The number of carboxylic acids is 1. The van der Waals surface area contributed by atoms with E-state index >= 15 is 0 Å². The summed E-state index contributed by atoms with van der Waals surface area (Å²) in [6, 6.07) is 6.05. The number of aromatic nitrogens is 2. The number of nitrogens with zero attached hydrogens (tertiary/aromatic N) is 2. The van der Waals surface area contributed by atoms with Gasteiger partial charge in [0.15, 0.2) is 6.10 Å². The van der Waals surface area contributed by atoms with E-state index in [0.717, 1.165) is 52.9 Å². The Morgan fingerprint density at radius 1 is 1.26 bits per heavy atom. The van der Waals surface area contributed by atoms with Crippen LogP contribution in [0.1, 0.15) is 55.7 Å². The number of benzene rings is 1. The fraction of sp³-hybridized carbons (Fsp3) is 0.440. The van der Waals surface area contributed by atoms with Gasteiger partial charge in [-0.1, -0.05) is 6.07 Å². The van der Waals surface area contributed by atoms with E-state index in [2.05, 4.69) is 6.92 Å². The van der Waals surface area contributed by atoms with E-state index < -0.39 is 17.7 Å². The Morgan fingerprint density at radius 2 is 2.00 bits per heavy atom. The molecule has 0 spiro atoms. The summed E-state index contributed by atoms with van der Waals surface area (Å²) in [5.41, 5.74) is 5.66. The highest BCUT2D eigenvalue weighted by Gasteiger charge is 2.33. The first kappa shape index (κ1) is 21.4. The van der Waals surface area contributed by atoms with E-state index in [-0.39, 0.29) is 0 Å². The SMILES string of the molecule is Cc1nc2c(ccn2C)c(-c2ccc3c(c2C)CCCO3)c1[C@H](OC(C)(C)C)C(=O)O. The van der Waals surface area contributed by atoms with E-state index in [0.29, 0.717) is 11.3 Å². The van der Waals surface area contributed by atoms with E-state index in [1.54, 1.807) is 0 Å². The predicted molar refractivity (Wildman–Crippen MR) is 121 cm³/mol. The molecular weight excluding hydrogens is 392 g/mol. The number of rotatable bonds is 4. The minimum atomic E-state index is -1.13. The molecular formula is C25H30N2O4. The van der Waals surface area contributed by atoms with Gasteiger partial charge in [0.05, 0.1) is 12.2 Å². The van der Waals surface area contributed by atoms with Gasteiger partial charge in [-0.25, -0.2) is 9.78 Å². The summed E-state index contributed by atoms with van der Waals surface area (Å²) in [6.07, 6.45) is 2.76. The summed E-state index contributed by atoms with van der Waals surface area (Å²) in [5.74, 6) is -0.0971. The van der Waals surface area contributed by atoms with Crippen molar-refractivity contribution in [2.75, 3.05) is 6.61 Å². The highest BCUT2D eigenvalue weighted by atomic mass is 16.5. The van der Waals surface area contributed by atoms with Gasteiger partial charge in [0.2, 0.25) is 0 Å². The summed E-state index contributed by atoms with van der Waals surface area (Å²) < 4.78 is 13.9. The van der Waals surface area contributed by atoms with Crippen molar-refractivity contribution in [1.82, 2.24) is 9.55 Å². The van der Waals surface area contributed by atoms with Crippen molar-refractivity contribution in [3.8, 4) is 16.9 Å². The third-order valence-corrected chi connectivity index (χ3v) is 5.85. The number of aliphatic carboxylic acids is 1. The molecule has 2 aromatic heterocycles. The first-order chi connectivity index (χ1) is 14.6. The van der Waals surface area contributed by atoms with Crippen molar-refractivity contribution < 1.29 is 19.4 Å². The van der Waals surface area contributed by atoms with Gasteiger partial charge in [0.1, 0.15) is 11.4 Å². The largest absolute Gasteiger partial charge is 0.493 e. The van der Waals surface area contributed by atoms with Crippen molar-refractivity contribution in [1.29, 1.82) is 0 Å². The third kappa shape index (κ3) is 3.81. The van der Waals surface area contributed by atoms with Crippen molar-refractivity contribution in [3.63, 3.8) is 0 Å². The molecule has 0 radical (unpaired) electrons. The van der Waals surface area contributed by atoms with Crippen molar-refractivity contribution >= 4 is 17.0 Å². The first-order valence-electron chi connectivity index (χ1n) is 10.7. The monoisotopic (exact) mass is 422 g/mol. The fourth-order valence-electron chi connectivity index (χ4n) is 4.48. The molecule has 3 heterocycles. The second-order valence-electron chi connectivity index (χ2n) is 9.27. The number of hydrogen-bond acceptors (Lipinski definition) is 4. The molecule has 1 atom stereocenters. The lowest BCUT2D eigenvalue weighted by atomic mass is 9.87. The molecule has 1 aromatic carbocycles. The van der Waals surface area contributed by atoms with Crippen LogP contribution in [-0.4, -0.2) is 32.8 Å². The van der Waals surface area contributed by atoms with E-state index in [1.807, 2.05) is 63.7 Å². The minimum Gasteiger partial charge on any atom is -0.493 e. The minimum absolute atomic E-state index is 0.612. The maximum absolute atomic E-state index is 12.4. The average Bonchev–Trinajstić information content (AvgIpc) is 3.06. The normalized spacial score (nSPS) is 14.9. The smallest absolute Gasteiger partial charge is 0.337 e.